The second-order valence-corrected chi connectivity index (χ2v) is 4.58. The minimum Gasteiger partial charge on any atom is -0.467 e. The van der Waals surface area contributed by atoms with Gasteiger partial charge in [-0.2, -0.15) is 4.98 Å². The van der Waals surface area contributed by atoms with Gasteiger partial charge in [0.15, 0.2) is 0 Å². The molecule has 3 rings (SSSR count). The molecular weight excluding hydrogens is 284 g/mol. The van der Waals surface area contributed by atoms with Gasteiger partial charge in [0.05, 0.1) is 12.8 Å². The largest absolute Gasteiger partial charge is 0.467 e. The number of rotatable bonds is 6. The van der Waals surface area contributed by atoms with Crippen molar-refractivity contribution in [3.63, 3.8) is 0 Å². The van der Waals surface area contributed by atoms with E-state index >= 15 is 0 Å². The highest BCUT2D eigenvalue weighted by molar-refractivity contribution is 5.75. The minimum atomic E-state index is -0.103. The number of aryl methyl sites for hydroxylation is 1. The van der Waals surface area contributed by atoms with Crippen LogP contribution >= 0.6 is 0 Å². The first-order chi connectivity index (χ1) is 10.8. The van der Waals surface area contributed by atoms with Gasteiger partial charge < -0.3 is 14.3 Å². The Labute approximate surface area is 126 Å². The third-order valence-electron chi connectivity index (χ3n) is 2.97. The highest BCUT2D eigenvalue weighted by Gasteiger charge is 2.11. The Balaban J connectivity index is 1.49. The van der Waals surface area contributed by atoms with Gasteiger partial charge in [-0.15, -0.1) is 0 Å². The molecule has 0 saturated heterocycles. The van der Waals surface area contributed by atoms with E-state index in [4.69, 9.17) is 8.94 Å². The zero-order valence-corrected chi connectivity index (χ0v) is 11.7. The van der Waals surface area contributed by atoms with Crippen molar-refractivity contribution in [3.05, 3.63) is 54.4 Å². The van der Waals surface area contributed by atoms with Crippen molar-refractivity contribution < 1.29 is 13.7 Å². The van der Waals surface area contributed by atoms with E-state index < -0.39 is 0 Å². The molecule has 112 valence electrons. The van der Waals surface area contributed by atoms with E-state index in [9.17, 15) is 4.79 Å². The summed E-state index contributed by atoms with van der Waals surface area (Å²) in [6.07, 6.45) is 3.88. The fourth-order valence-corrected chi connectivity index (χ4v) is 1.86. The summed E-state index contributed by atoms with van der Waals surface area (Å²) in [7, 11) is 0. The number of carbonyl (C=O) groups excluding carboxylic acids is 1. The Hall–Kier alpha value is -2.96. The fourth-order valence-electron chi connectivity index (χ4n) is 1.86. The van der Waals surface area contributed by atoms with Gasteiger partial charge >= 0.3 is 0 Å². The van der Waals surface area contributed by atoms with Gasteiger partial charge in [-0.1, -0.05) is 11.2 Å². The molecule has 0 aromatic carbocycles. The number of nitrogens with one attached hydrogen (secondary N) is 1. The summed E-state index contributed by atoms with van der Waals surface area (Å²) in [5.41, 5.74) is 0.639. The molecule has 0 unspecified atom stereocenters. The van der Waals surface area contributed by atoms with Crippen molar-refractivity contribution in [2.75, 3.05) is 0 Å². The average Bonchev–Trinajstić information content (AvgIpc) is 3.23. The fraction of sp³-hybridized carbons (Fsp3) is 0.200. The van der Waals surface area contributed by atoms with E-state index in [0.717, 1.165) is 0 Å². The van der Waals surface area contributed by atoms with Crippen molar-refractivity contribution in [1.29, 1.82) is 0 Å². The van der Waals surface area contributed by atoms with Gasteiger partial charge in [0.1, 0.15) is 11.5 Å². The Morgan fingerprint density at radius 3 is 2.95 bits per heavy atom. The summed E-state index contributed by atoms with van der Waals surface area (Å²) in [5.74, 6) is 1.44. The van der Waals surface area contributed by atoms with Gasteiger partial charge in [0, 0.05) is 19.0 Å². The summed E-state index contributed by atoms with van der Waals surface area (Å²) in [4.78, 5) is 20.1. The highest BCUT2D eigenvalue weighted by Crippen LogP contribution is 2.12. The zero-order valence-electron chi connectivity index (χ0n) is 11.7. The quantitative estimate of drug-likeness (QED) is 0.747. The summed E-state index contributed by atoms with van der Waals surface area (Å²) >= 11 is 0. The summed E-state index contributed by atoms with van der Waals surface area (Å²) in [6.45, 7) is 0.370. The van der Waals surface area contributed by atoms with Crippen LogP contribution in [0.2, 0.25) is 0 Å². The first-order valence-electron chi connectivity index (χ1n) is 6.84. The molecule has 0 aliphatic carbocycles. The second-order valence-electron chi connectivity index (χ2n) is 4.58. The zero-order chi connectivity index (χ0) is 15.2. The number of aromatic nitrogens is 3. The molecule has 22 heavy (non-hydrogen) atoms. The third kappa shape index (κ3) is 3.57. The van der Waals surface area contributed by atoms with Crippen molar-refractivity contribution >= 4 is 5.91 Å². The number of amides is 1. The molecule has 1 amide bonds. The van der Waals surface area contributed by atoms with Crippen molar-refractivity contribution in [2.45, 2.75) is 19.4 Å². The van der Waals surface area contributed by atoms with Crippen LogP contribution in [0.5, 0.6) is 0 Å². The van der Waals surface area contributed by atoms with Crippen molar-refractivity contribution in [1.82, 2.24) is 20.4 Å². The minimum absolute atomic E-state index is 0.103. The number of hydrogen-bond donors (Lipinski definition) is 1. The van der Waals surface area contributed by atoms with Gasteiger partial charge in [0.25, 0.3) is 0 Å². The number of hydrogen-bond acceptors (Lipinski definition) is 6. The van der Waals surface area contributed by atoms with Gasteiger partial charge in [0.2, 0.25) is 17.6 Å². The van der Waals surface area contributed by atoms with E-state index in [1.54, 1.807) is 30.7 Å². The van der Waals surface area contributed by atoms with Crippen LogP contribution in [0.25, 0.3) is 11.5 Å². The van der Waals surface area contributed by atoms with Crippen LogP contribution in [0.1, 0.15) is 18.1 Å². The lowest BCUT2D eigenvalue weighted by Crippen LogP contribution is -2.22. The Morgan fingerprint density at radius 1 is 1.23 bits per heavy atom. The topological polar surface area (TPSA) is 94.0 Å². The first kappa shape index (κ1) is 14.0. The molecule has 0 fully saturated rings. The molecule has 7 nitrogen and oxygen atoms in total. The molecule has 0 saturated carbocycles. The first-order valence-corrected chi connectivity index (χ1v) is 6.84. The highest BCUT2D eigenvalue weighted by atomic mass is 16.5. The average molecular weight is 298 g/mol. The maximum Gasteiger partial charge on any atom is 0.227 e. The van der Waals surface area contributed by atoms with Crippen LogP contribution in [0.4, 0.5) is 0 Å². The van der Waals surface area contributed by atoms with E-state index in [2.05, 4.69) is 20.4 Å². The monoisotopic (exact) mass is 298 g/mol. The molecule has 7 heteroatoms. The van der Waals surface area contributed by atoms with Crippen LogP contribution in [-0.4, -0.2) is 21.0 Å². The molecule has 1 N–H and O–H groups in total. The molecule has 0 bridgehead atoms. The molecule has 0 aliphatic heterocycles. The predicted molar refractivity (Wildman–Crippen MR) is 76.4 cm³/mol. The Morgan fingerprint density at radius 2 is 2.18 bits per heavy atom. The Kier molecular flexibility index (Phi) is 4.24. The summed E-state index contributed by atoms with van der Waals surface area (Å²) < 4.78 is 10.3. The van der Waals surface area contributed by atoms with Gasteiger partial charge in [-0.05, 0) is 24.3 Å². The lowest BCUT2D eigenvalue weighted by Gasteiger charge is -2.01. The molecule has 3 aromatic rings. The van der Waals surface area contributed by atoms with Crippen LogP contribution in [0.3, 0.4) is 0 Å². The molecular formula is C15H14N4O3. The lowest BCUT2D eigenvalue weighted by atomic mass is 10.3. The Bertz CT molecular complexity index is 722. The number of carbonyl (C=O) groups is 1. The number of pyridine rings is 1. The summed E-state index contributed by atoms with van der Waals surface area (Å²) in [5, 5.41) is 6.61. The third-order valence-corrected chi connectivity index (χ3v) is 2.97. The van der Waals surface area contributed by atoms with E-state index in [0.29, 0.717) is 36.1 Å². The van der Waals surface area contributed by atoms with E-state index in [-0.39, 0.29) is 12.3 Å². The molecule has 0 spiro atoms. The predicted octanol–water partition coefficient (Wildman–Crippen LogP) is 1.97. The van der Waals surface area contributed by atoms with Crippen LogP contribution in [0.15, 0.2) is 51.7 Å². The number of furan rings is 1. The maximum absolute atomic E-state index is 11.7. The van der Waals surface area contributed by atoms with Gasteiger partial charge in [-0.25, -0.2) is 0 Å². The molecule has 0 atom stereocenters. The SMILES string of the molecule is O=C(CCc1nc(-c2ccccn2)no1)NCc1ccco1. The van der Waals surface area contributed by atoms with E-state index in [1.165, 1.54) is 0 Å². The van der Waals surface area contributed by atoms with Crippen LogP contribution in [-0.2, 0) is 17.8 Å². The maximum atomic E-state index is 11.7. The number of nitrogens with zero attached hydrogens (tertiary/aromatic N) is 3. The molecule has 3 aromatic heterocycles. The van der Waals surface area contributed by atoms with Crippen molar-refractivity contribution in [2.24, 2.45) is 0 Å². The lowest BCUT2D eigenvalue weighted by molar-refractivity contribution is -0.121. The van der Waals surface area contributed by atoms with Crippen LogP contribution < -0.4 is 5.32 Å². The van der Waals surface area contributed by atoms with Crippen LogP contribution in [0, 0.1) is 0 Å². The smallest absolute Gasteiger partial charge is 0.227 e. The van der Waals surface area contributed by atoms with Crippen molar-refractivity contribution in [3.8, 4) is 11.5 Å². The molecule has 3 heterocycles. The normalized spacial score (nSPS) is 10.5. The second kappa shape index (κ2) is 6.66. The van der Waals surface area contributed by atoms with Gasteiger partial charge in [-0.3, -0.25) is 9.78 Å². The summed E-state index contributed by atoms with van der Waals surface area (Å²) in [6, 6.07) is 9.04. The molecule has 0 radical (unpaired) electrons. The molecule has 0 aliphatic rings. The van der Waals surface area contributed by atoms with E-state index in [1.807, 2.05) is 12.1 Å². The standard InChI is InChI=1S/C15H14N4O3/c20-13(17-10-11-4-3-9-21-11)6-7-14-18-15(19-22-14)12-5-1-2-8-16-12/h1-5,8-9H,6-7,10H2,(H,17,20).